The van der Waals surface area contributed by atoms with Gasteiger partial charge in [-0.2, -0.15) is 0 Å². The number of aromatic nitrogens is 2. The van der Waals surface area contributed by atoms with Crippen molar-refractivity contribution < 1.29 is 4.42 Å². The van der Waals surface area contributed by atoms with Crippen LogP contribution in [0, 0.1) is 6.92 Å². The summed E-state index contributed by atoms with van der Waals surface area (Å²) in [7, 11) is 0. The van der Waals surface area contributed by atoms with E-state index < -0.39 is 0 Å². The molecule has 0 saturated heterocycles. The fourth-order valence-electron chi connectivity index (χ4n) is 2.60. The molecular formula is C18H15ClN2O. The molecule has 0 bridgehead atoms. The Bertz CT molecular complexity index is 837. The predicted octanol–water partition coefficient (Wildman–Crippen LogP) is 5.24. The van der Waals surface area contributed by atoms with E-state index in [1.165, 1.54) is 12.8 Å². The summed E-state index contributed by atoms with van der Waals surface area (Å²) < 4.78 is 5.67. The predicted molar refractivity (Wildman–Crippen MR) is 86.9 cm³/mol. The molecule has 0 amide bonds. The lowest BCUT2D eigenvalue weighted by atomic mass is 10.0. The van der Waals surface area contributed by atoms with Gasteiger partial charge in [0.15, 0.2) is 5.76 Å². The van der Waals surface area contributed by atoms with Crippen LogP contribution in [0.2, 0.25) is 5.02 Å². The first-order chi connectivity index (χ1) is 10.7. The van der Waals surface area contributed by atoms with Crippen molar-refractivity contribution >= 4 is 11.6 Å². The highest BCUT2D eigenvalue weighted by atomic mass is 35.5. The van der Waals surface area contributed by atoms with Gasteiger partial charge in [-0.05, 0) is 37.5 Å². The van der Waals surface area contributed by atoms with E-state index in [1.807, 2.05) is 43.5 Å². The van der Waals surface area contributed by atoms with Crippen molar-refractivity contribution in [2.24, 2.45) is 0 Å². The van der Waals surface area contributed by atoms with Gasteiger partial charge in [0.2, 0.25) is 0 Å². The third-order valence-electron chi connectivity index (χ3n) is 3.99. The highest BCUT2D eigenvalue weighted by molar-refractivity contribution is 6.33. The molecule has 4 heteroatoms. The Morgan fingerprint density at radius 3 is 2.64 bits per heavy atom. The van der Waals surface area contributed by atoms with Gasteiger partial charge in [-0.15, -0.1) is 0 Å². The Balaban J connectivity index is 1.94. The first-order valence-corrected chi connectivity index (χ1v) is 7.78. The molecule has 0 N–H and O–H groups in total. The van der Waals surface area contributed by atoms with Crippen LogP contribution in [-0.4, -0.2) is 9.97 Å². The minimum Gasteiger partial charge on any atom is -0.462 e. The molecule has 2 heterocycles. The fourth-order valence-corrected chi connectivity index (χ4v) is 2.84. The molecule has 1 aliphatic carbocycles. The molecule has 1 fully saturated rings. The Hall–Kier alpha value is -2.13. The molecule has 1 aromatic carbocycles. The molecule has 22 heavy (non-hydrogen) atoms. The number of halogens is 1. The summed E-state index contributed by atoms with van der Waals surface area (Å²) in [5, 5.41) is 0.690. The summed E-state index contributed by atoms with van der Waals surface area (Å²) in [6, 6.07) is 9.70. The molecule has 0 unspecified atom stereocenters. The second-order valence-electron chi connectivity index (χ2n) is 5.68. The van der Waals surface area contributed by atoms with Crippen LogP contribution in [0.4, 0.5) is 0 Å². The summed E-state index contributed by atoms with van der Waals surface area (Å²) in [6.07, 6.45) is 5.91. The van der Waals surface area contributed by atoms with E-state index in [9.17, 15) is 0 Å². The van der Waals surface area contributed by atoms with E-state index >= 15 is 0 Å². The molecule has 0 spiro atoms. The lowest BCUT2D eigenvalue weighted by Gasteiger charge is -2.10. The number of benzene rings is 1. The zero-order valence-electron chi connectivity index (χ0n) is 12.2. The van der Waals surface area contributed by atoms with Gasteiger partial charge in [-0.3, -0.25) is 0 Å². The number of nitrogens with zero attached hydrogens (tertiary/aromatic N) is 2. The molecule has 1 saturated carbocycles. The second-order valence-corrected chi connectivity index (χ2v) is 6.08. The minimum absolute atomic E-state index is 0.495. The van der Waals surface area contributed by atoms with Gasteiger partial charge in [-0.25, -0.2) is 9.97 Å². The van der Waals surface area contributed by atoms with Crippen LogP contribution < -0.4 is 0 Å². The maximum atomic E-state index is 6.36. The number of aryl methyl sites for hydroxylation is 1. The first-order valence-electron chi connectivity index (χ1n) is 7.40. The average molecular weight is 311 g/mol. The zero-order chi connectivity index (χ0) is 15.1. The monoisotopic (exact) mass is 310 g/mol. The summed E-state index contributed by atoms with van der Waals surface area (Å²) in [4.78, 5) is 9.34. The van der Waals surface area contributed by atoms with Crippen LogP contribution in [0.15, 0.2) is 47.2 Å². The van der Waals surface area contributed by atoms with Crippen LogP contribution in [0.3, 0.4) is 0 Å². The summed E-state index contributed by atoms with van der Waals surface area (Å²) in [5.41, 5.74) is 3.73. The third kappa shape index (κ3) is 2.32. The highest BCUT2D eigenvalue weighted by Gasteiger charge is 2.28. The van der Waals surface area contributed by atoms with Gasteiger partial charge >= 0.3 is 0 Å². The maximum absolute atomic E-state index is 6.36. The lowest BCUT2D eigenvalue weighted by molar-refractivity contribution is 0.578. The summed E-state index contributed by atoms with van der Waals surface area (Å²) >= 11 is 6.36. The van der Waals surface area contributed by atoms with Crippen molar-refractivity contribution in [2.45, 2.75) is 25.7 Å². The van der Waals surface area contributed by atoms with Crippen LogP contribution in [0.1, 0.15) is 30.1 Å². The molecular weight excluding hydrogens is 296 g/mol. The smallest absolute Gasteiger partial charge is 0.155 e. The first kappa shape index (κ1) is 13.5. The fraction of sp³-hybridized carbons (Fsp3) is 0.222. The quantitative estimate of drug-likeness (QED) is 0.663. The van der Waals surface area contributed by atoms with Crippen LogP contribution in [0.25, 0.3) is 22.6 Å². The topological polar surface area (TPSA) is 38.9 Å². The Labute approximate surface area is 134 Å². The summed E-state index contributed by atoms with van der Waals surface area (Å²) in [5.74, 6) is 2.19. The standard InChI is InChI=1S/C18H15ClN2O/c1-11-8-9-22-17(11)16-14(13-4-2-3-5-15(13)19)10-20-18(21-16)12-6-7-12/h2-5,8-10,12H,6-7H2,1H3. The van der Waals surface area contributed by atoms with E-state index in [-0.39, 0.29) is 0 Å². The van der Waals surface area contributed by atoms with Crippen molar-refractivity contribution in [1.29, 1.82) is 0 Å². The van der Waals surface area contributed by atoms with E-state index in [4.69, 9.17) is 21.0 Å². The molecule has 110 valence electrons. The molecule has 1 aliphatic rings. The van der Waals surface area contributed by atoms with Crippen molar-refractivity contribution in [3.8, 4) is 22.6 Å². The van der Waals surface area contributed by atoms with Crippen LogP contribution in [0.5, 0.6) is 0 Å². The third-order valence-corrected chi connectivity index (χ3v) is 4.32. The van der Waals surface area contributed by atoms with E-state index in [2.05, 4.69) is 4.98 Å². The SMILES string of the molecule is Cc1ccoc1-c1nc(C2CC2)ncc1-c1ccccc1Cl. The Morgan fingerprint density at radius 1 is 1.14 bits per heavy atom. The van der Waals surface area contributed by atoms with Crippen LogP contribution >= 0.6 is 11.6 Å². The molecule has 2 aromatic heterocycles. The molecule has 0 atom stereocenters. The van der Waals surface area contributed by atoms with Gasteiger partial charge in [0.1, 0.15) is 11.5 Å². The maximum Gasteiger partial charge on any atom is 0.155 e. The average Bonchev–Trinajstić information content (AvgIpc) is 3.29. The largest absolute Gasteiger partial charge is 0.462 e. The summed E-state index contributed by atoms with van der Waals surface area (Å²) in [6.45, 7) is 2.02. The van der Waals surface area contributed by atoms with E-state index in [0.717, 1.165) is 34.0 Å². The number of hydrogen-bond acceptors (Lipinski definition) is 3. The Morgan fingerprint density at radius 2 is 1.95 bits per heavy atom. The number of hydrogen-bond donors (Lipinski definition) is 0. The lowest BCUT2D eigenvalue weighted by Crippen LogP contribution is -1.98. The molecule has 3 nitrogen and oxygen atoms in total. The number of rotatable bonds is 3. The highest BCUT2D eigenvalue weighted by Crippen LogP contribution is 2.41. The van der Waals surface area contributed by atoms with Gasteiger partial charge in [-0.1, -0.05) is 29.8 Å². The van der Waals surface area contributed by atoms with Crippen molar-refractivity contribution in [3.63, 3.8) is 0 Å². The second kappa shape index (κ2) is 5.25. The van der Waals surface area contributed by atoms with E-state index in [1.54, 1.807) is 6.26 Å². The van der Waals surface area contributed by atoms with Gasteiger partial charge in [0.05, 0.1) is 6.26 Å². The van der Waals surface area contributed by atoms with E-state index in [0.29, 0.717) is 10.9 Å². The van der Waals surface area contributed by atoms with Crippen molar-refractivity contribution in [1.82, 2.24) is 9.97 Å². The molecule has 3 aromatic rings. The van der Waals surface area contributed by atoms with Crippen molar-refractivity contribution in [3.05, 3.63) is 59.2 Å². The molecule has 4 rings (SSSR count). The molecule has 0 radical (unpaired) electrons. The molecule has 0 aliphatic heterocycles. The normalized spacial score (nSPS) is 14.3. The van der Waals surface area contributed by atoms with Crippen LogP contribution in [-0.2, 0) is 0 Å². The minimum atomic E-state index is 0.495. The Kier molecular flexibility index (Phi) is 3.23. The zero-order valence-corrected chi connectivity index (χ0v) is 13.0. The van der Waals surface area contributed by atoms with Gasteiger partial charge < -0.3 is 4.42 Å². The van der Waals surface area contributed by atoms with Crippen molar-refractivity contribution in [2.75, 3.05) is 0 Å². The van der Waals surface area contributed by atoms with Gasteiger partial charge in [0.25, 0.3) is 0 Å². The van der Waals surface area contributed by atoms with Gasteiger partial charge in [0, 0.05) is 28.3 Å². The number of furan rings is 1.